The minimum Gasteiger partial charge on any atom is -0.381 e. The van der Waals surface area contributed by atoms with Gasteiger partial charge < -0.3 is 10.2 Å². The second kappa shape index (κ2) is 7.99. The minimum atomic E-state index is -2.37. The highest BCUT2D eigenvalue weighted by Crippen LogP contribution is 2.32. The Hall–Kier alpha value is -0.810. The van der Waals surface area contributed by atoms with Crippen LogP contribution in [0.25, 0.3) is 0 Å². The zero-order valence-electron chi connectivity index (χ0n) is 12.7. The van der Waals surface area contributed by atoms with Crippen molar-refractivity contribution in [3.05, 3.63) is 24.3 Å². The summed E-state index contributed by atoms with van der Waals surface area (Å²) in [6, 6.07) is 7.73. The van der Waals surface area contributed by atoms with Crippen LogP contribution in [-0.4, -0.2) is 36.3 Å². The summed E-state index contributed by atoms with van der Waals surface area (Å²) in [5, 5.41) is 3.45. The number of likely N-dealkylation sites (tertiary alicyclic amines) is 1. The van der Waals surface area contributed by atoms with E-state index < -0.39 is 5.76 Å². The highest BCUT2D eigenvalue weighted by Gasteiger charge is 2.20. The molecule has 1 aromatic rings. The van der Waals surface area contributed by atoms with Crippen LogP contribution in [0.2, 0.25) is 0 Å². The first-order valence-corrected chi connectivity index (χ1v) is 8.45. The second-order valence-corrected chi connectivity index (χ2v) is 7.02. The van der Waals surface area contributed by atoms with Crippen LogP contribution in [0.3, 0.4) is 0 Å². The molecule has 1 saturated heterocycles. The summed E-state index contributed by atoms with van der Waals surface area (Å²) in [6.45, 7) is 7.79. The van der Waals surface area contributed by atoms with Gasteiger partial charge in [0.15, 0.2) is 0 Å². The van der Waals surface area contributed by atoms with E-state index >= 15 is 0 Å². The first-order valence-electron chi connectivity index (χ1n) is 7.57. The molecule has 1 aromatic carbocycles. The quantitative estimate of drug-likeness (QED) is 0.776. The number of thioether (sulfide) groups is 1. The Morgan fingerprint density at radius 3 is 2.52 bits per heavy atom. The van der Waals surface area contributed by atoms with Gasteiger partial charge in [-0.05, 0) is 30.9 Å². The average molecular weight is 314 g/mol. The Morgan fingerprint density at radius 1 is 1.24 bits per heavy atom. The molecule has 1 fully saturated rings. The molecule has 1 aliphatic rings. The van der Waals surface area contributed by atoms with Crippen molar-refractivity contribution < 1.29 is 8.78 Å². The fourth-order valence-corrected chi connectivity index (χ4v) is 3.38. The van der Waals surface area contributed by atoms with Crippen LogP contribution in [0.15, 0.2) is 29.2 Å². The van der Waals surface area contributed by atoms with Crippen LogP contribution >= 0.6 is 11.8 Å². The standard InChI is InChI=1S/C16H24F2N2S/c1-12(2)11-20-9-7-13(8-10-20)19-14-5-3-4-6-15(14)21-16(17)18/h3-6,12-13,16,19H,7-11H2,1-2H3. The van der Waals surface area contributed by atoms with Gasteiger partial charge in [-0.2, -0.15) is 8.78 Å². The van der Waals surface area contributed by atoms with E-state index in [-0.39, 0.29) is 0 Å². The van der Waals surface area contributed by atoms with Crippen LogP contribution in [-0.2, 0) is 0 Å². The van der Waals surface area contributed by atoms with Gasteiger partial charge in [0, 0.05) is 36.3 Å². The van der Waals surface area contributed by atoms with Gasteiger partial charge in [-0.1, -0.05) is 37.7 Å². The molecular weight excluding hydrogens is 290 g/mol. The van der Waals surface area contributed by atoms with Gasteiger partial charge in [-0.3, -0.25) is 0 Å². The molecule has 0 saturated carbocycles. The summed E-state index contributed by atoms with van der Waals surface area (Å²) in [6.07, 6.45) is 2.14. The third-order valence-electron chi connectivity index (χ3n) is 3.67. The van der Waals surface area contributed by atoms with Crippen molar-refractivity contribution in [3.8, 4) is 0 Å². The van der Waals surface area contributed by atoms with E-state index in [1.807, 2.05) is 12.1 Å². The number of hydrogen-bond acceptors (Lipinski definition) is 3. The Bertz CT molecular complexity index is 432. The number of nitrogens with zero attached hydrogens (tertiary/aromatic N) is 1. The van der Waals surface area contributed by atoms with E-state index in [0.717, 1.165) is 38.2 Å². The molecule has 1 aliphatic heterocycles. The van der Waals surface area contributed by atoms with Crippen LogP contribution in [0, 0.1) is 5.92 Å². The zero-order chi connectivity index (χ0) is 15.2. The smallest absolute Gasteiger partial charge is 0.288 e. The Morgan fingerprint density at radius 2 is 1.90 bits per heavy atom. The van der Waals surface area contributed by atoms with E-state index in [2.05, 4.69) is 24.1 Å². The average Bonchev–Trinajstić information content (AvgIpc) is 2.42. The van der Waals surface area contributed by atoms with Crippen molar-refractivity contribution in [2.75, 3.05) is 25.0 Å². The van der Waals surface area contributed by atoms with Crippen LogP contribution in [0.5, 0.6) is 0 Å². The van der Waals surface area contributed by atoms with Gasteiger partial charge in [0.1, 0.15) is 0 Å². The van der Waals surface area contributed by atoms with Crippen molar-refractivity contribution in [3.63, 3.8) is 0 Å². The van der Waals surface area contributed by atoms with Gasteiger partial charge in [0.05, 0.1) is 0 Å². The summed E-state index contributed by atoms with van der Waals surface area (Å²) < 4.78 is 25.2. The molecule has 21 heavy (non-hydrogen) atoms. The SMILES string of the molecule is CC(C)CN1CCC(Nc2ccccc2SC(F)F)CC1. The lowest BCUT2D eigenvalue weighted by Gasteiger charge is -2.34. The molecule has 0 amide bonds. The maximum atomic E-state index is 12.6. The van der Waals surface area contributed by atoms with Crippen molar-refractivity contribution in [1.29, 1.82) is 0 Å². The monoisotopic (exact) mass is 314 g/mol. The predicted octanol–water partition coefficient (Wildman–Crippen LogP) is 4.53. The molecular formula is C16H24F2N2S. The van der Waals surface area contributed by atoms with Gasteiger partial charge in [-0.25, -0.2) is 0 Å². The second-order valence-electron chi connectivity index (χ2n) is 5.99. The molecule has 118 valence electrons. The fourth-order valence-electron chi connectivity index (χ4n) is 2.78. The third kappa shape index (κ3) is 5.47. The largest absolute Gasteiger partial charge is 0.381 e. The molecule has 2 rings (SSSR count). The summed E-state index contributed by atoms with van der Waals surface area (Å²) in [5.41, 5.74) is 0.838. The normalized spacial score (nSPS) is 17.6. The first kappa shape index (κ1) is 16.6. The Kier molecular flexibility index (Phi) is 6.30. The highest BCUT2D eigenvalue weighted by atomic mass is 32.2. The lowest BCUT2D eigenvalue weighted by molar-refractivity contribution is 0.198. The molecule has 0 unspecified atom stereocenters. The van der Waals surface area contributed by atoms with Crippen LogP contribution < -0.4 is 5.32 Å². The molecule has 1 heterocycles. The minimum absolute atomic E-state index is 0.382. The molecule has 0 aliphatic carbocycles. The zero-order valence-corrected chi connectivity index (χ0v) is 13.5. The summed E-state index contributed by atoms with van der Waals surface area (Å²) in [4.78, 5) is 3.12. The Labute approximate surface area is 130 Å². The van der Waals surface area contributed by atoms with Crippen molar-refractivity contribution in [2.45, 2.75) is 43.4 Å². The summed E-state index contributed by atoms with van der Waals surface area (Å²) in [7, 11) is 0. The van der Waals surface area contributed by atoms with Crippen LogP contribution in [0.4, 0.5) is 14.5 Å². The van der Waals surface area contributed by atoms with E-state index in [1.165, 1.54) is 0 Å². The van der Waals surface area contributed by atoms with Gasteiger partial charge in [-0.15, -0.1) is 0 Å². The molecule has 1 N–H and O–H groups in total. The molecule has 0 bridgehead atoms. The molecule has 0 radical (unpaired) electrons. The van der Waals surface area contributed by atoms with E-state index in [0.29, 0.717) is 28.6 Å². The molecule has 5 heteroatoms. The van der Waals surface area contributed by atoms with E-state index in [9.17, 15) is 8.78 Å². The van der Waals surface area contributed by atoms with Crippen molar-refractivity contribution in [1.82, 2.24) is 4.90 Å². The molecule has 0 aromatic heterocycles. The van der Waals surface area contributed by atoms with E-state index in [1.54, 1.807) is 12.1 Å². The number of rotatable bonds is 6. The van der Waals surface area contributed by atoms with Crippen molar-refractivity contribution in [2.24, 2.45) is 5.92 Å². The fraction of sp³-hybridized carbons (Fsp3) is 0.625. The number of benzene rings is 1. The first-order chi connectivity index (χ1) is 10.0. The third-order valence-corrected chi connectivity index (χ3v) is 4.46. The number of anilines is 1. The number of para-hydroxylation sites is 1. The van der Waals surface area contributed by atoms with E-state index in [4.69, 9.17) is 0 Å². The van der Waals surface area contributed by atoms with Crippen LogP contribution in [0.1, 0.15) is 26.7 Å². The highest BCUT2D eigenvalue weighted by molar-refractivity contribution is 7.99. The number of nitrogens with one attached hydrogen (secondary N) is 1. The topological polar surface area (TPSA) is 15.3 Å². The maximum absolute atomic E-state index is 12.6. The van der Waals surface area contributed by atoms with Gasteiger partial charge in [0.2, 0.25) is 0 Å². The van der Waals surface area contributed by atoms with Crippen molar-refractivity contribution >= 4 is 17.4 Å². The maximum Gasteiger partial charge on any atom is 0.288 e. The number of alkyl halides is 2. The predicted molar refractivity (Wildman–Crippen MR) is 86.2 cm³/mol. The lowest BCUT2D eigenvalue weighted by Crippen LogP contribution is -2.40. The number of piperidine rings is 1. The number of halogens is 2. The Balaban J connectivity index is 1.89. The van der Waals surface area contributed by atoms with Gasteiger partial charge in [0.25, 0.3) is 5.76 Å². The lowest BCUT2D eigenvalue weighted by atomic mass is 10.0. The molecule has 0 atom stereocenters. The molecule has 2 nitrogen and oxygen atoms in total. The molecule has 0 spiro atoms. The summed E-state index contributed by atoms with van der Waals surface area (Å²) >= 11 is 0.616. The summed E-state index contributed by atoms with van der Waals surface area (Å²) in [5.74, 6) is -1.68. The van der Waals surface area contributed by atoms with Gasteiger partial charge >= 0.3 is 0 Å². The number of hydrogen-bond donors (Lipinski definition) is 1.